The number of primary amides is 1. The lowest BCUT2D eigenvalue weighted by Gasteiger charge is -2.28. The van der Waals surface area contributed by atoms with Crippen LogP contribution in [0.25, 0.3) is 0 Å². The van der Waals surface area contributed by atoms with Gasteiger partial charge in [-0.3, -0.25) is 0 Å². The molecule has 4 N–H and O–H groups in total. The fourth-order valence-corrected chi connectivity index (χ4v) is 5.37. The fraction of sp³-hybridized carbons (Fsp3) is 0.0714. The lowest BCUT2D eigenvalue weighted by molar-refractivity contribution is 0.137. The Bertz CT molecular complexity index is 1340. The minimum Gasteiger partial charge on any atom is -0.445 e. The number of nitrogens with one attached hydrogen (secondary N) is 2. The van der Waals surface area contributed by atoms with Crippen LogP contribution in [0.4, 0.5) is 15.3 Å². The number of hydrogen-bond donors (Lipinski definition) is 3. The van der Waals surface area contributed by atoms with Crippen LogP contribution < -0.4 is 25.4 Å². The summed E-state index contributed by atoms with van der Waals surface area (Å²) in [5.74, 6) is -0.722. The first-order valence-corrected chi connectivity index (χ1v) is 13.3. The second kappa shape index (κ2) is 12.5. The van der Waals surface area contributed by atoms with Crippen LogP contribution in [-0.4, -0.2) is 12.1 Å². The highest BCUT2D eigenvalue weighted by Gasteiger charge is 2.42. The largest absolute Gasteiger partial charge is 0.457 e. The number of urea groups is 1. The Labute approximate surface area is 220 Å². The van der Waals surface area contributed by atoms with Gasteiger partial charge in [-0.2, -0.15) is 0 Å². The number of ether oxygens (including phenoxy) is 1. The number of para-hydroxylation sites is 2. The third-order valence-corrected chi connectivity index (χ3v) is 7.22. The van der Waals surface area contributed by atoms with Gasteiger partial charge in [-0.15, -0.1) is 0 Å². The zero-order valence-electron chi connectivity index (χ0n) is 20.2. The molecule has 3 amide bonds. The van der Waals surface area contributed by atoms with Crippen LogP contribution in [0.5, 0.6) is 11.5 Å². The smallest absolute Gasteiger partial charge is 0.445 e. The van der Waals surface area contributed by atoms with Gasteiger partial charge < -0.3 is 30.2 Å². The van der Waals surface area contributed by atoms with Crippen LogP contribution in [0.2, 0.25) is 0 Å². The van der Waals surface area contributed by atoms with Crippen LogP contribution >= 0.6 is 7.60 Å². The molecule has 0 fully saturated rings. The van der Waals surface area contributed by atoms with E-state index < -0.39 is 25.5 Å². The maximum atomic E-state index is 14.5. The molecule has 0 aliphatic carbocycles. The molecule has 38 heavy (non-hydrogen) atoms. The molecule has 0 aromatic heterocycles. The van der Waals surface area contributed by atoms with Crippen molar-refractivity contribution >= 4 is 25.4 Å². The number of nitrogens with two attached hydrogens (primary N) is 1. The normalized spacial score (nSPS) is 11.6. The van der Waals surface area contributed by atoms with Crippen molar-refractivity contribution in [3.63, 3.8) is 0 Å². The van der Waals surface area contributed by atoms with E-state index >= 15 is 0 Å². The van der Waals surface area contributed by atoms with Gasteiger partial charge >= 0.3 is 19.7 Å². The average Bonchev–Trinajstić information content (AvgIpc) is 2.92. The van der Waals surface area contributed by atoms with Gasteiger partial charge in [0.2, 0.25) is 0 Å². The molecule has 4 rings (SSSR count). The molecule has 0 aliphatic rings. The number of carbonyl (C=O) groups is 2. The van der Waals surface area contributed by atoms with Crippen molar-refractivity contribution in [1.82, 2.24) is 5.32 Å². The SMILES string of the molecule is NC(=O)Nc1ccc(C(NC(=O)OCc2ccccc2)P(=O)(Oc2ccccc2)Oc2ccccc2)cc1. The lowest BCUT2D eigenvalue weighted by atomic mass is 10.2. The van der Waals surface area contributed by atoms with Crippen LogP contribution in [0, 0.1) is 0 Å². The molecule has 0 saturated heterocycles. The number of hydrogen-bond acceptors (Lipinski definition) is 6. The van der Waals surface area contributed by atoms with Crippen molar-refractivity contribution in [3.8, 4) is 11.5 Å². The molecule has 4 aromatic rings. The number of benzene rings is 4. The standard InChI is InChI=1S/C28H26N3O6P/c29-27(32)30-23-18-16-22(17-19-23)26(31-28(33)35-20-21-10-4-1-5-11-21)38(34,36-24-12-6-2-7-13-24)37-25-14-8-3-9-15-25/h1-19,26H,20H2,(H,31,33)(H3,29,30,32). The summed E-state index contributed by atoms with van der Waals surface area (Å²) in [6, 6.07) is 31.7. The van der Waals surface area contributed by atoms with Gasteiger partial charge in [0.25, 0.3) is 0 Å². The second-order valence-electron chi connectivity index (χ2n) is 8.07. The van der Waals surface area contributed by atoms with Gasteiger partial charge in [0.05, 0.1) is 0 Å². The van der Waals surface area contributed by atoms with Crippen LogP contribution in [0.1, 0.15) is 16.9 Å². The molecule has 0 radical (unpaired) electrons. The summed E-state index contributed by atoms with van der Waals surface area (Å²) < 4.78 is 31.8. The molecule has 0 bridgehead atoms. The quantitative estimate of drug-likeness (QED) is 0.202. The predicted molar refractivity (Wildman–Crippen MR) is 144 cm³/mol. The summed E-state index contributed by atoms with van der Waals surface area (Å²) in [7, 11) is -4.21. The number of carbonyl (C=O) groups excluding carboxylic acids is 2. The van der Waals surface area contributed by atoms with Crippen molar-refractivity contribution < 1.29 is 27.9 Å². The lowest BCUT2D eigenvalue weighted by Crippen LogP contribution is -2.31. The number of rotatable bonds is 10. The average molecular weight is 532 g/mol. The Morgan fingerprint density at radius 2 is 1.24 bits per heavy atom. The highest BCUT2D eigenvalue weighted by atomic mass is 31.2. The van der Waals surface area contributed by atoms with Crippen molar-refractivity contribution in [2.24, 2.45) is 5.73 Å². The van der Waals surface area contributed by atoms with Crippen molar-refractivity contribution in [3.05, 3.63) is 126 Å². The Morgan fingerprint density at radius 3 is 1.74 bits per heavy atom. The maximum Gasteiger partial charge on any atom is 0.457 e. The Morgan fingerprint density at radius 1 is 0.737 bits per heavy atom. The van der Waals surface area contributed by atoms with Crippen molar-refractivity contribution in [2.75, 3.05) is 5.32 Å². The summed E-state index contributed by atoms with van der Waals surface area (Å²) in [5.41, 5.74) is 6.78. The molecule has 1 unspecified atom stereocenters. The highest BCUT2D eigenvalue weighted by molar-refractivity contribution is 7.55. The van der Waals surface area contributed by atoms with Gasteiger partial charge in [-0.25, -0.2) is 14.2 Å². The Hall–Kier alpha value is -4.75. The van der Waals surface area contributed by atoms with Crippen LogP contribution in [0.3, 0.4) is 0 Å². The molecule has 4 aromatic carbocycles. The van der Waals surface area contributed by atoms with Crippen molar-refractivity contribution in [1.29, 1.82) is 0 Å². The van der Waals surface area contributed by atoms with Gasteiger partial charge in [0.15, 0.2) is 5.78 Å². The minimum absolute atomic E-state index is 0.00422. The van der Waals surface area contributed by atoms with E-state index in [2.05, 4.69) is 10.6 Å². The van der Waals surface area contributed by atoms with Crippen LogP contribution in [0.15, 0.2) is 115 Å². The van der Waals surface area contributed by atoms with E-state index in [4.69, 9.17) is 19.5 Å². The zero-order valence-corrected chi connectivity index (χ0v) is 21.1. The molecule has 0 aliphatic heterocycles. The molecular weight excluding hydrogens is 505 g/mol. The zero-order chi connectivity index (χ0) is 26.8. The molecule has 1 atom stereocenters. The monoisotopic (exact) mass is 531 g/mol. The molecule has 10 heteroatoms. The van der Waals surface area contributed by atoms with E-state index in [1.165, 1.54) is 0 Å². The van der Waals surface area contributed by atoms with Gasteiger partial charge in [-0.1, -0.05) is 78.9 Å². The summed E-state index contributed by atoms with van der Waals surface area (Å²) in [4.78, 5) is 24.2. The fourth-order valence-electron chi connectivity index (χ4n) is 3.49. The Kier molecular flexibility index (Phi) is 8.64. The van der Waals surface area contributed by atoms with E-state index in [1.807, 2.05) is 30.3 Å². The first-order chi connectivity index (χ1) is 18.4. The van der Waals surface area contributed by atoms with E-state index in [1.54, 1.807) is 84.9 Å². The van der Waals surface area contributed by atoms with Gasteiger partial charge in [0, 0.05) is 5.69 Å². The summed E-state index contributed by atoms with van der Waals surface area (Å²) in [5, 5.41) is 5.12. The van der Waals surface area contributed by atoms with E-state index in [0.29, 0.717) is 11.3 Å². The van der Waals surface area contributed by atoms with E-state index in [9.17, 15) is 14.2 Å². The Balaban J connectivity index is 1.68. The van der Waals surface area contributed by atoms with E-state index in [-0.39, 0.29) is 18.1 Å². The van der Waals surface area contributed by atoms with Gasteiger partial charge in [0.1, 0.15) is 18.1 Å². The minimum atomic E-state index is -4.21. The third-order valence-electron chi connectivity index (χ3n) is 5.23. The second-order valence-corrected chi connectivity index (χ2v) is 10.0. The third kappa shape index (κ3) is 7.38. The number of alkyl carbamates (subject to hydrolysis) is 1. The number of amides is 3. The van der Waals surface area contributed by atoms with Crippen LogP contribution in [-0.2, 0) is 15.9 Å². The molecule has 0 spiro atoms. The summed E-state index contributed by atoms with van der Waals surface area (Å²) in [6.45, 7) is 0.00422. The summed E-state index contributed by atoms with van der Waals surface area (Å²) >= 11 is 0. The topological polar surface area (TPSA) is 129 Å². The molecular formula is C28H26N3O6P. The molecule has 0 saturated carbocycles. The highest BCUT2D eigenvalue weighted by Crippen LogP contribution is 2.59. The maximum absolute atomic E-state index is 14.5. The van der Waals surface area contributed by atoms with Crippen molar-refractivity contribution in [2.45, 2.75) is 12.4 Å². The van der Waals surface area contributed by atoms with E-state index in [0.717, 1.165) is 5.56 Å². The molecule has 0 heterocycles. The first kappa shape index (κ1) is 26.3. The molecule has 194 valence electrons. The first-order valence-electron chi connectivity index (χ1n) is 11.6. The molecule has 9 nitrogen and oxygen atoms in total. The van der Waals surface area contributed by atoms with Gasteiger partial charge in [-0.05, 0) is 47.5 Å². The summed E-state index contributed by atoms with van der Waals surface area (Å²) in [6.07, 6.45) is -0.827. The number of anilines is 1. The predicted octanol–water partition coefficient (Wildman–Crippen LogP) is 6.45.